The lowest BCUT2D eigenvalue weighted by Crippen LogP contribution is -2.50. The van der Waals surface area contributed by atoms with Gasteiger partial charge in [-0.2, -0.15) is 0 Å². The summed E-state index contributed by atoms with van der Waals surface area (Å²) in [4.78, 5) is 25.0. The van der Waals surface area contributed by atoms with Gasteiger partial charge in [0.05, 0.1) is 26.5 Å². The lowest BCUT2D eigenvalue weighted by atomic mass is 10.0. The van der Waals surface area contributed by atoms with Crippen molar-refractivity contribution in [3.8, 4) is 11.5 Å². The lowest BCUT2D eigenvalue weighted by molar-refractivity contribution is -0.124. The maximum Gasteiger partial charge on any atom is 0.287 e. The molecule has 2 aromatic rings. The third-order valence-electron chi connectivity index (χ3n) is 4.24. The maximum atomic E-state index is 12.8. The zero-order valence-corrected chi connectivity index (χ0v) is 16.2. The number of hydrogen-bond acceptors (Lipinski definition) is 5. The van der Waals surface area contributed by atoms with Gasteiger partial charge in [0.15, 0.2) is 5.76 Å². The molecule has 2 N–H and O–H groups in total. The highest BCUT2D eigenvalue weighted by Crippen LogP contribution is 2.29. The topological polar surface area (TPSA) is 89.8 Å². The zero-order valence-electron chi connectivity index (χ0n) is 16.2. The summed E-state index contributed by atoms with van der Waals surface area (Å²) in [5.41, 5.74) is 0.782. The lowest BCUT2D eigenvalue weighted by Gasteiger charge is -2.24. The van der Waals surface area contributed by atoms with Crippen molar-refractivity contribution < 1.29 is 23.5 Å². The second kappa shape index (κ2) is 9.12. The second-order valence-corrected chi connectivity index (χ2v) is 6.51. The smallest absolute Gasteiger partial charge is 0.287 e. The van der Waals surface area contributed by atoms with Crippen LogP contribution in [0, 0.1) is 5.92 Å². The van der Waals surface area contributed by atoms with Gasteiger partial charge in [0.25, 0.3) is 5.91 Å². The van der Waals surface area contributed by atoms with E-state index in [4.69, 9.17) is 13.9 Å². The summed E-state index contributed by atoms with van der Waals surface area (Å²) in [6, 6.07) is 7.51. The van der Waals surface area contributed by atoms with Crippen LogP contribution in [-0.2, 0) is 4.79 Å². The predicted octanol–water partition coefficient (Wildman–Crippen LogP) is 2.93. The Morgan fingerprint density at radius 3 is 2.33 bits per heavy atom. The highest BCUT2D eigenvalue weighted by molar-refractivity contribution is 5.95. The minimum absolute atomic E-state index is 0.108. The molecule has 0 fully saturated rings. The molecule has 0 spiro atoms. The summed E-state index contributed by atoms with van der Waals surface area (Å²) < 4.78 is 15.7. The van der Waals surface area contributed by atoms with Crippen molar-refractivity contribution in [1.82, 2.24) is 10.6 Å². The molecule has 0 bridgehead atoms. The van der Waals surface area contributed by atoms with Crippen molar-refractivity contribution >= 4 is 11.8 Å². The third kappa shape index (κ3) is 5.03. The van der Waals surface area contributed by atoms with Crippen LogP contribution in [0.15, 0.2) is 41.0 Å². The minimum atomic E-state index is -0.707. The van der Waals surface area contributed by atoms with Gasteiger partial charge in [0, 0.05) is 5.56 Å². The molecule has 0 aliphatic rings. The predicted molar refractivity (Wildman–Crippen MR) is 101 cm³/mol. The molecular weight excluding hydrogens is 348 g/mol. The molecule has 0 saturated heterocycles. The van der Waals surface area contributed by atoms with Crippen molar-refractivity contribution in [2.75, 3.05) is 14.2 Å². The zero-order chi connectivity index (χ0) is 20.0. The van der Waals surface area contributed by atoms with Crippen LogP contribution in [0.3, 0.4) is 0 Å². The largest absolute Gasteiger partial charge is 0.497 e. The molecule has 2 atom stereocenters. The average molecular weight is 374 g/mol. The summed E-state index contributed by atoms with van der Waals surface area (Å²) >= 11 is 0. The number of carbonyl (C=O) groups is 2. The third-order valence-corrected chi connectivity index (χ3v) is 4.24. The Balaban J connectivity index is 2.14. The van der Waals surface area contributed by atoms with Gasteiger partial charge < -0.3 is 24.5 Å². The molecule has 7 nitrogen and oxygen atoms in total. The van der Waals surface area contributed by atoms with Crippen LogP contribution in [0.2, 0.25) is 0 Å². The Hall–Kier alpha value is -2.96. The summed E-state index contributed by atoms with van der Waals surface area (Å²) in [5.74, 6) is 0.643. The average Bonchev–Trinajstić information content (AvgIpc) is 3.19. The van der Waals surface area contributed by atoms with E-state index in [-0.39, 0.29) is 23.6 Å². The van der Waals surface area contributed by atoms with Gasteiger partial charge in [0.1, 0.15) is 17.5 Å². The van der Waals surface area contributed by atoms with Gasteiger partial charge in [-0.25, -0.2) is 0 Å². The molecule has 1 aromatic carbocycles. The number of rotatable bonds is 8. The monoisotopic (exact) mass is 374 g/mol. The molecule has 27 heavy (non-hydrogen) atoms. The Bertz CT molecular complexity index is 771. The maximum absolute atomic E-state index is 12.8. The van der Waals surface area contributed by atoms with Crippen LogP contribution in [0.1, 0.15) is 42.9 Å². The molecule has 0 aliphatic carbocycles. The van der Waals surface area contributed by atoms with E-state index in [0.717, 1.165) is 5.56 Å². The molecule has 146 valence electrons. The molecule has 7 heteroatoms. The van der Waals surface area contributed by atoms with E-state index in [1.165, 1.54) is 6.26 Å². The number of nitrogens with one attached hydrogen (secondary N) is 2. The first-order valence-corrected chi connectivity index (χ1v) is 8.74. The molecule has 0 saturated carbocycles. The first-order valence-electron chi connectivity index (χ1n) is 8.74. The summed E-state index contributed by atoms with van der Waals surface area (Å²) in [6.07, 6.45) is 1.41. The van der Waals surface area contributed by atoms with Crippen molar-refractivity contribution in [3.63, 3.8) is 0 Å². The van der Waals surface area contributed by atoms with E-state index in [9.17, 15) is 9.59 Å². The minimum Gasteiger partial charge on any atom is -0.497 e. The molecular formula is C20H26N2O5. The van der Waals surface area contributed by atoms with Crippen LogP contribution >= 0.6 is 0 Å². The van der Waals surface area contributed by atoms with E-state index in [0.29, 0.717) is 11.5 Å². The van der Waals surface area contributed by atoms with Crippen molar-refractivity contribution in [2.24, 2.45) is 5.92 Å². The fraction of sp³-hybridized carbons (Fsp3) is 0.400. The van der Waals surface area contributed by atoms with Gasteiger partial charge in [-0.15, -0.1) is 0 Å². The van der Waals surface area contributed by atoms with Crippen LogP contribution in [-0.4, -0.2) is 32.1 Å². The molecule has 1 unspecified atom stereocenters. The number of methoxy groups -OCH3 is 2. The molecule has 0 radical (unpaired) electrons. The summed E-state index contributed by atoms with van der Waals surface area (Å²) in [5, 5.41) is 5.66. The normalized spacial score (nSPS) is 13.0. The molecule has 1 aromatic heterocycles. The first kappa shape index (κ1) is 20.4. The highest BCUT2D eigenvalue weighted by atomic mass is 16.5. The fourth-order valence-corrected chi connectivity index (χ4v) is 2.71. The Kier molecular flexibility index (Phi) is 6.87. The SMILES string of the molecule is COc1ccc(OC)c(C(C)NC(=O)[C@@H](NC(=O)c2ccco2)C(C)C)c1. The molecule has 1 heterocycles. The summed E-state index contributed by atoms with van der Waals surface area (Å²) in [7, 11) is 3.15. The second-order valence-electron chi connectivity index (χ2n) is 6.51. The van der Waals surface area contributed by atoms with E-state index in [1.807, 2.05) is 26.8 Å². The summed E-state index contributed by atoms with van der Waals surface area (Å²) in [6.45, 7) is 5.58. The number of furan rings is 1. The standard InChI is InChI=1S/C20H26N2O5/c1-12(2)18(22-19(23)17-7-6-10-27-17)20(24)21-13(3)15-11-14(25-4)8-9-16(15)26-5/h6-13,18H,1-5H3,(H,21,24)(H,22,23)/t13?,18-/m0/s1. The van der Waals surface area contributed by atoms with Gasteiger partial charge in [0.2, 0.25) is 5.91 Å². The van der Waals surface area contributed by atoms with E-state index in [1.54, 1.807) is 38.5 Å². The van der Waals surface area contributed by atoms with E-state index in [2.05, 4.69) is 10.6 Å². The van der Waals surface area contributed by atoms with Gasteiger partial charge in [-0.3, -0.25) is 9.59 Å². The first-order chi connectivity index (χ1) is 12.9. The number of amides is 2. The number of carbonyl (C=O) groups excluding carboxylic acids is 2. The Labute approximate surface area is 159 Å². The number of benzene rings is 1. The fourth-order valence-electron chi connectivity index (χ4n) is 2.71. The number of ether oxygens (including phenoxy) is 2. The Morgan fingerprint density at radius 2 is 1.78 bits per heavy atom. The van der Waals surface area contributed by atoms with E-state index < -0.39 is 11.9 Å². The van der Waals surface area contributed by atoms with Crippen molar-refractivity contribution in [1.29, 1.82) is 0 Å². The van der Waals surface area contributed by atoms with Gasteiger partial charge >= 0.3 is 0 Å². The van der Waals surface area contributed by atoms with Crippen LogP contribution in [0.4, 0.5) is 0 Å². The van der Waals surface area contributed by atoms with Gasteiger partial charge in [-0.1, -0.05) is 13.8 Å². The van der Waals surface area contributed by atoms with Gasteiger partial charge in [-0.05, 0) is 43.2 Å². The highest BCUT2D eigenvalue weighted by Gasteiger charge is 2.27. The van der Waals surface area contributed by atoms with Crippen molar-refractivity contribution in [2.45, 2.75) is 32.9 Å². The Morgan fingerprint density at radius 1 is 1.04 bits per heavy atom. The van der Waals surface area contributed by atoms with Crippen molar-refractivity contribution in [3.05, 3.63) is 47.9 Å². The quantitative estimate of drug-likeness (QED) is 0.741. The molecule has 2 amide bonds. The van der Waals surface area contributed by atoms with E-state index >= 15 is 0 Å². The van der Waals surface area contributed by atoms with Crippen LogP contribution in [0.5, 0.6) is 11.5 Å². The van der Waals surface area contributed by atoms with Crippen LogP contribution < -0.4 is 20.1 Å². The molecule has 2 rings (SSSR count). The van der Waals surface area contributed by atoms with Crippen LogP contribution in [0.25, 0.3) is 0 Å². The number of hydrogen-bond donors (Lipinski definition) is 2. The molecule has 0 aliphatic heterocycles.